The van der Waals surface area contributed by atoms with Gasteiger partial charge in [-0.05, 0) is 53.6 Å². The Kier molecular flexibility index (Phi) is 6.51. The Morgan fingerprint density at radius 2 is 1.79 bits per heavy atom. The van der Waals surface area contributed by atoms with Gasteiger partial charge in [0.25, 0.3) is 0 Å². The third kappa shape index (κ3) is 4.78. The molecule has 3 aromatic rings. The molecule has 3 aromatic carbocycles. The van der Waals surface area contributed by atoms with Crippen molar-refractivity contribution >= 4 is 29.1 Å². The number of carbonyl (C=O) groups excluding carboxylic acids is 2. The Bertz CT molecular complexity index is 1200. The third-order valence-corrected chi connectivity index (χ3v) is 5.75. The minimum absolute atomic E-state index is 0.0290. The number of nitrogens with one attached hydrogen (secondary N) is 1. The molecule has 0 saturated carbocycles. The number of benzene rings is 3. The lowest BCUT2D eigenvalue weighted by molar-refractivity contribution is -0.135. The fourth-order valence-corrected chi connectivity index (χ4v) is 4.16. The van der Waals surface area contributed by atoms with Gasteiger partial charge in [0.2, 0.25) is 11.8 Å². The van der Waals surface area contributed by atoms with Crippen molar-refractivity contribution in [2.75, 3.05) is 26.1 Å². The first kappa shape index (κ1) is 22.6. The van der Waals surface area contributed by atoms with Gasteiger partial charge in [0.15, 0.2) is 11.5 Å². The van der Waals surface area contributed by atoms with E-state index < -0.39 is 11.9 Å². The van der Waals surface area contributed by atoms with E-state index in [1.54, 1.807) is 48.5 Å². The van der Waals surface area contributed by atoms with Crippen molar-refractivity contribution in [3.8, 4) is 11.5 Å². The number of rotatable bonds is 5. The number of anilines is 1. The molecule has 0 spiro atoms. The number of hydrogen-bond donors (Lipinski definition) is 1. The molecule has 0 fully saturated rings. The van der Waals surface area contributed by atoms with E-state index in [0.717, 1.165) is 0 Å². The first-order valence-corrected chi connectivity index (χ1v) is 10.6. The molecule has 0 bridgehead atoms. The molecule has 4 rings (SSSR count). The summed E-state index contributed by atoms with van der Waals surface area (Å²) in [5.74, 6) is 0.0543. The van der Waals surface area contributed by atoms with E-state index in [1.165, 1.54) is 31.3 Å². The number of halogens is 2. The molecule has 1 atom stereocenters. The van der Waals surface area contributed by atoms with Crippen LogP contribution in [0.5, 0.6) is 11.5 Å². The lowest BCUT2D eigenvalue weighted by Gasteiger charge is -2.31. The number of nitrogens with zero attached hydrogens (tertiary/aromatic N) is 1. The van der Waals surface area contributed by atoms with E-state index in [2.05, 4.69) is 5.32 Å². The average molecular weight is 469 g/mol. The quantitative estimate of drug-likeness (QED) is 0.594. The summed E-state index contributed by atoms with van der Waals surface area (Å²) in [6.07, 6.45) is 0.0290. The zero-order valence-electron chi connectivity index (χ0n) is 18.1. The number of methoxy groups -OCH3 is 2. The summed E-state index contributed by atoms with van der Waals surface area (Å²) in [7, 11) is 3.06. The van der Waals surface area contributed by atoms with Crippen LogP contribution in [0.1, 0.15) is 22.7 Å². The van der Waals surface area contributed by atoms with Crippen molar-refractivity contribution in [2.24, 2.45) is 0 Å². The predicted molar refractivity (Wildman–Crippen MR) is 123 cm³/mol. The molecule has 0 aromatic heterocycles. The molecule has 2 amide bonds. The van der Waals surface area contributed by atoms with E-state index in [1.807, 2.05) is 0 Å². The lowest BCUT2D eigenvalue weighted by Crippen LogP contribution is -2.39. The highest BCUT2D eigenvalue weighted by molar-refractivity contribution is 6.30. The van der Waals surface area contributed by atoms with E-state index in [9.17, 15) is 14.0 Å². The van der Waals surface area contributed by atoms with E-state index >= 15 is 0 Å². The summed E-state index contributed by atoms with van der Waals surface area (Å²) in [4.78, 5) is 27.7. The summed E-state index contributed by atoms with van der Waals surface area (Å²) < 4.78 is 24.2. The first-order valence-electron chi connectivity index (χ1n) is 10.2. The van der Waals surface area contributed by atoms with Crippen LogP contribution in [0, 0.1) is 5.82 Å². The van der Waals surface area contributed by atoms with Gasteiger partial charge in [-0.15, -0.1) is 0 Å². The molecule has 1 N–H and O–H groups in total. The van der Waals surface area contributed by atoms with Crippen molar-refractivity contribution in [3.05, 3.63) is 88.2 Å². The van der Waals surface area contributed by atoms with Crippen LogP contribution in [-0.4, -0.2) is 37.5 Å². The second-order valence-corrected chi connectivity index (χ2v) is 8.06. The number of amides is 2. The third-order valence-electron chi connectivity index (χ3n) is 5.52. The van der Waals surface area contributed by atoms with Gasteiger partial charge in [-0.1, -0.05) is 29.8 Å². The zero-order chi connectivity index (χ0) is 23.5. The zero-order valence-corrected chi connectivity index (χ0v) is 18.9. The van der Waals surface area contributed by atoms with Gasteiger partial charge in [-0.3, -0.25) is 9.59 Å². The lowest BCUT2D eigenvalue weighted by atomic mass is 9.95. The monoisotopic (exact) mass is 468 g/mol. The standard InChI is InChI=1S/C25H22ClFN2O4/c1-32-21-10-3-15(11-22(21)33-2)12-24(31)29-14-23(30)28-20-9-6-17(26)13-19(20)25(29)16-4-7-18(27)8-5-16/h3-11,13,25H,12,14H2,1-2H3,(H,28,30)/t25-/m0/s1. The second kappa shape index (κ2) is 9.50. The number of ether oxygens (including phenoxy) is 2. The molecule has 33 heavy (non-hydrogen) atoms. The summed E-state index contributed by atoms with van der Waals surface area (Å²) in [5, 5.41) is 3.30. The fraction of sp³-hybridized carbons (Fsp3) is 0.200. The molecule has 1 aliphatic heterocycles. The van der Waals surface area contributed by atoms with E-state index in [-0.39, 0.29) is 24.8 Å². The van der Waals surface area contributed by atoms with Crippen molar-refractivity contribution in [1.29, 1.82) is 0 Å². The molecule has 1 heterocycles. The van der Waals surface area contributed by atoms with Gasteiger partial charge in [-0.25, -0.2) is 4.39 Å². The van der Waals surface area contributed by atoms with Crippen LogP contribution >= 0.6 is 11.6 Å². The van der Waals surface area contributed by atoms with Crippen molar-refractivity contribution < 1.29 is 23.5 Å². The molecule has 0 aliphatic carbocycles. The maximum atomic E-state index is 13.6. The Hall–Kier alpha value is -3.58. The summed E-state index contributed by atoms with van der Waals surface area (Å²) in [6.45, 7) is -0.166. The van der Waals surface area contributed by atoms with Crippen molar-refractivity contribution in [1.82, 2.24) is 4.90 Å². The maximum Gasteiger partial charge on any atom is 0.244 e. The molecular formula is C25H22ClFN2O4. The summed E-state index contributed by atoms with van der Waals surface area (Å²) in [6, 6.07) is 15.6. The van der Waals surface area contributed by atoms with Gasteiger partial charge in [0.05, 0.1) is 26.7 Å². The molecule has 0 saturated heterocycles. The van der Waals surface area contributed by atoms with Crippen molar-refractivity contribution in [2.45, 2.75) is 12.5 Å². The van der Waals surface area contributed by atoms with Crippen molar-refractivity contribution in [3.63, 3.8) is 0 Å². The minimum Gasteiger partial charge on any atom is -0.493 e. The van der Waals surface area contributed by atoms with Crippen LogP contribution in [0.15, 0.2) is 60.7 Å². The van der Waals surface area contributed by atoms with Crippen LogP contribution in [-0.2, 0) is 16.0 Å². The number of carbonyl (C=O) groups is 2. The minimum atomic E-state index is -0.633. The van der Waals surface area contributed by atoms with Gasteiger partial charge >= 0.3 is 0 Å². The normalized spacial score (nSPS) is 15.3. The molecular weight excluding hydrogens is 447 g/mol. The molecule has 6 nitrogen and oxygen atoms in total. The molecule has 0 unspecified atom stereocenters. The second-order valence-electron chi connectivity index (χ2n) is 7.62. The average Bonchev–Trinajstić information content (AvgIpc) is 2.95. The topological polar surface area (TPSA) is 67.9 Å². The van der Waals surface area contributed by atoms with Crippen LogP contribution < -0.4 is 14.8 Å². The number of fused-ring (bicyclic) bond motifs is 1. The van der Waals surface area contributed by atoms with Gasteiger partial charge in [0.1, 0.15) is 12.4 Å². The molecule has 8 heteroatoms. The van der Waals surface area contributed by atoms with Gasteiger partial charge < -0.3 is 19.7 Å². The Balaban J connectivity index is 1.76. The Labute approximate surface area is 195 Å². The van der Waals surface area contributed by atoms with Gasteiger partial charge in [0, 0.05) is 16.3 Å². The molecule has 170 valence electrons. The largest absolute Gasteiger partial charge is 0.493 e. The fourth-order valence-electron chi connectivity index (χ4n) is 3.98. The predicted octanol–water partition coefficient (Wildman–Crippen LogP) is 4.61. The maximum absolute atomic E-state index is 13.6. The van der Waals surface area contributed by atoms with Crippen LogP contribution in [0.2, 0.25) is 5.02 Å². The highest BCUT2D eigenvalue weighted by atomic mass is 35.5. The van der Waals surface area contributed by atoms with Crippen LogP contribution in [0.25, 0.3) is 0 Å². The van der Waals surface area contributed by atoms with Gasteiger partial charge in [-0.2, -0.15) is 0 Å². The summed E-state index contributed by atoms with van der Waals surface area (Å²) in [5.41, 5.74) is 2.57. The smallest absolute Gasteiger partial charge is 0.244 e. The Morgan fingerprint density at radius 1 is 1.06 bits per heavy atom. The highest BCUT2D eigenvalue weighted by Gasteiger charge is 2.33. The molecule has 0 radical (unpaired) electrons. The SMILES string of the molecule is COc1ccc(CC(=O)N2CC(=O)Nc3ccc(Cl)cc3[C@@H]2c2ccc(F)cc2)cc1OC. The Morgan fingerprint density at radius 3 is 2.48 bits per heavy atom. The first-order chi connectivity index (χ1) is 15.9. The van der Waals surface area contributed by atoms with Crippen LogP contribution in [0.3, 0.4) is 0 Å². The number of hydrogen-bond acceptors (Lipinski definition) is 4. The molecule has 1 aliphatic rings. The summed E-state index contributed by atoms with van der Waals surface area (Å²) >= 11 is 6.26. The van der Waals surface area contributed by atoms with E-state index in [4.69, 9.17) is 21.1 Å². The highest BCUT2D eigenvalue weighted by Crippen LogP contribution is 2.38. The van der Waals surface area contributed by atoms with Crippen LogP contribution in [0.4, 0.5) is 10.1 Å². The van der Waals surface area contributed by atoms with E-state index in [0.29, 0.717) is 38.9 Å².